The summed E-state index contributed by atoms with van der Waals surface area (Å²) in [4.78, 5) is 23.4. The fourth-order valence-corrected chi connectivity index (χ4v) is 3.27. The van der Waals surface area contributed by atoms with Gasteiger partial charge in [-0.1, -0.05) is 33.6 Å². The number of rotatable bonds is 10. The van der Waals surface area contributed by atoms with Gasteiger partial charge in [-0.15, -0.1) is 0 Å². The van der Waals surface area contributed by atoms with Gasteiger partial charge in [0.1, 0.15) is 6.04 Å². The molecule has 1 aromatic rings. The van der Waals surface area contributed by atoms with Crippen LogP contribution in [0.5, 0.6) is 0 Å². The van der Waals surface area contributed by atoms with E-state index in [1.54, 1.807) is 0 Å². The van der Waals surface area contributed by atoms with Crippen molar-refractivity contribution in [3.05, 3.63) is 29.8 Å². The highest BCUT2D eigenvalue weighted by molar-refractivity contribution is 7.89. The van der Waals surface area contributed by atoms with Gasteiger partial charge in [-0.3, -0.25) is 4.79 Å². The van der Waals surface area contributed by atoms with Crippen LogP contribution in [0.3, 0.4) is 0 Å². The summed E-state index contributed by atoms with van der Waals surface area (Å²) in [5, 5.41) is 11.6. The van der Waals surface area contributed by atoms with Crippen molar-refractivity contribution in [3.8, 4) is 0 Å². The Balaban J connectivity index is 2.81. The Morgan fingerprint density at radius 3 is 2.24 bits per heavy atom. The highest BCUT2D eigenvalue weighted by Crippen LogP contribution is 2.12. The molecule has 0 saturated heterocycles. The number of unbranched alkanes of at least 4 members (excludes halogenated alkanes) is 1. The molecule has 0 fully saturated rings. The molecule has 7 nitrogen and oxygen atoms in total. The van der Waals surface area contributed by atoms with Crippen molar-refractivity contribution in [3.63, 3.8) is 0 Å². The first-order chi connectivity index (χ1) is 11.7. The second-order valence-electron chi connectivity index (χ2n) is 6.28. The number of carboxylic acid groups (broad SMARTS) is 1. The maximum Gasteiger partial charge on any atom is 0.326 e. The molecular formula is C17H26N2O5S. The van der Waals surface area contributed by atoms with E-state index in [1.807, 2.05) is 20.8 Å². The van der Waals surface area contributed by atoms with E-state index in [1.165, 1.54) is 24.3 Å². The molecule has 0 heterocycles. The number of amides is 1. The lowest BCUT2D eigenvalue weighted by molar-refractivity contribution is -0.139. The first-order valence-corrected chi connectivity index (χ1v) is 9.79. The van der Waals surface area contributed by atoms with Crippen LogP contribution in [-0.2, 0) is 14.8 Å². The Bertz CT molecular complexity index is 683. The van der Waals surface area contributed by atoms with E-state index in [-0.39, 0.29) is 16.4 Å². The monoisotopic (exact) mass is 370 g/mol. The van der Waals surface area contributed by atoms with Crippen LogP contribution in [0.1, 0.15) is 50.4 Å². The summed E-state index contributed by atoms with van der Waals surface area (Å²) in [5.41, 5.74) is 0.213. The van der Waals surface area contributed by atoms with E-state index in [9.17, 15) is 18.0 Å². The quantitative estimate of drug-likeness (QED) is 0.583. The van der Waals surface area contributed by atoms with Gasteiger partial charge in [0.25, 0.3) is 5.91 Å². The first kappa shape index (κ1) is 21.1. The number of hydrogen-bond donors (Lipinski definition) is 3. The highest BCUT2D eigenvalue weighted by atomic mass is 32.2. The number of carbonyl (C=O) groups excluding carboxylic acids is 1. The second kappa shape index (κ2) is 9.53. The van der Waals surface area contributed by atoms with Gasteiger partial charge in [-0.05, 0) is 36.6 Å². The van der Waals surface area contributed by atoms with Crippen LogP contribution in [0.15, 0.2) is 29.2 Å². The van der Waals surface area contributed by atoms with Crippen LogP contribution in [0, 0.1) is 5.92 Å². The lowest BCUT2D eigenvalue weighted by Gasteiger charge is -2.14. The van der Waals surface area contributed by atoms with Crippen molar-refractivity contribution in [2.45, 2.75) is 51.0 Å². The molecule has 1 amide bonds. The predicted octanol–water partition coefficient (Wildman–Crippen LogP) is 1.99. The summed E-state index contributed by atoms with van der Waals surface area (Å²) in [6.07, 6.45) is 1.87. The molecule has 0 unspecified atom stereocenters. The summed E-state index contributed by atoms with van der Waals surface area (Å²) in [7, 11) is -3.62. The molecule has 3 N–H and O–H groups in total. The molecule has 140 valence electrons. The number of nitrogens with one attached hydrogen (secondary N) is 2. The summed E-state index contributed by atoms with van der Waals surface area (Å²) >= 11 is 0. The van der Waals surface area contributed by atoms with Crippen LogP contribution < -0.4 is 10.0 Å². The smallest absolute Gasteiger partial charge is 0.326 e. The molecule has 0 spiro atoms. The Morgan fingerprint density at radius 2 is 1.76 bits per heavy atom. The van der Waals surface area contributed by atoms with Gasteiger partial charge >= 0.3 is 5.97 Å². The third-order valence-corrected chi connectivity index (χ3v) is 5.00. The van der Waals surface area contributed by atoms with E-state index >= 15 is 0 Å². The summed E-state index contributed by atoms with van der Waals surface area (Å²) in [6, 6.07) is 4.46. The van der Waals surface area contributed by atoms with Gasteiger partial charge in [0, 0.05) is 12.1 Å². The van der Waals surface area contributed by atoms with Crippen LogP contribution in [0.25, 0.3) is 0 Å². The highest BCUT2D eigenvalue weighted by Gasteiger charge is 2.21. The van der Waals surface area contributed by atoms with Crippen LogP contribution in [0.4, 0.5) is 0 Å². The maximum atomic E-state index is 12.2. The lowest BCUT2D eigenvalue weighted by atomic mass is 10.1. The molecule has 8 heteroatoms. The average Bonchev–Trinajstić information content (AvgIpc) is 2.56. The number of sulfonamides is 1. The van der Waals surface area contributed by atoms with Crippen molar-refractivity contribution in [2.24, 2.45) is 5.92 Å². The summed E-state index contributed by atoms with van der Waals surface area (Å²) in [6.45, 7) is 6.05. The standard InChI is InChI=1S/C17H26N2O5S/c1-4-5-6-15(17(21)22)19-16(20)13-7-9-14(10-8-13)25(23,24)18-11-12(2)3/h7-10,12,15,18H,4-6,11H2,1-3H3,(H,19,20)(H,21,22)/t15-/m0/s1. The second-order valence-corrected chi connectivity index (χ2v) is 8.04. The number of benzene rings is 1. The molecule has 0 radical (unpaired) electrons. The topological polar surface area (TPSA) is 113 Å². The number of hydrogen-bond acceptors (Lipinski definition) is 4. The SMILES string of the molecule is CCCC[C@H](NC(=O)c1ccc(S(=O)(=O)NCC(C)C)cc1)C(=O)O. The Hall–Kier alpha value is -1.93. The van der Waals surface area contributed by atoms with Crippen molar-refractivity contribution in [1.82, 2.24) is 10.0 Å². The van der Waals surface area contributed by atoms with Crippen molar-refractivity contribution in [1.29, 1.82) is 0 Å². The molecular weight excluding hydrogens is 344 g/mol. The molecule has 0 aromatic heterocycles. The average molecular weight is 370 g/mol. The summed E-state index contributed by atoms with van der Waals surface area (Å²) in [5.74, 6) is -1.45. The van der Waals surface area contributed by atoms with E-state index in [4.69, 9.17) is 5.11 Å². The normalized spacial score (nSPS) is 12.8. The Morgan fingerprint density at radius 1 is 1.16 bits per heavy atom. The molecule has 0 bridgehead atoms. The van der Waals surface area contributed by atoms with Crippen LogP contribution in [0.2, 0.25) is 0 Å². The number of carbonyl (C=O) groups is 2. The zero-order valence-electron chi connectivity index (χ0n) is 14.8. The maximum absolute atomic E-state index is 12.2. The van der Waals surface area contributed by atoms with Crippen molar-refractivity contribution >= 4 is 21.9 Å². The van der Waals surface area contributed by atoms with Gasteiger partial charge < -0.3 is 10.4 Å². The first-order valence-electron chi connectivity index (χ1n) is 8.30. The van der Waals surface area contributed by atoms with E-state index in [2.05, 4.69) is 10.0 Å². The molecule has 1 atom stereocenters. The van der Waals surface area contributed by atoms with E-state index in [0.717, 1.165) is 6.42 Å². The van der Waals surface area contributed by atoms with Gasteiger partial charge in [0.05, 0.1) is 4.90 Å². The van der Waals surface area contributed by atoms with Gasteiger partial charge in [0.15, 0.2) is 0 Å². The van der Waals surface area contributed by atoms with Crippen molar-refractivity contribution < 1.29 is 23.1 Å². The minimum absolute atomic E-state index is 0.0606. The fourth-order valence-electron chi connectivity index (χ4n) is 2.05. The Kier molecular flexibility index (Phi) is 8.05. The number of aliphatic carboxylic acids is 1. The molecule has 0 aliphatic rings. The van der Waals surface area contributed by atoms with Crippen LogP contribution >= 0.6 is 0 Å². The summed E-state index contributed by atoms with van der Waals surface area (Å²) < 4.78 is 26.7. The zero-order valence-corrected chi connectivity index (χ0v) is 15.6. The molecule has 1 aromatic carbocycles. The molecule has 25 heavy (non-hydrogen) atoms. The minimum atomic E-state index is -3.62. The molecule has 0 aliphatic heterocycles. The Labute approximate surface area is 148 Å². The predicted molar refractivity (Wildman–Crippen MR) is 94.9 cm³/mol. The van der Waals surface area contributed by atoms with Gasteiger partial charge in [-0.2, -0.15) is 0 Å². The lowest BCUT2D eigenvalue weighted by Crippen LogP contribution is -2.40. The van der Waals surface area contributed by atoms with E-state index < -0.39 is 27.9 Å². The third-order valence-electron chi connectivity index (χ3n) is 3.56. The number of carboxylic acids is 1. The zero-order chi connectivity index (χ0) is 19.0. The van der Waals surface area contributed by atoms with E-state index in [0.29, 0.717) is 19.4 Å². The van der Waals surface area contributed by atoms with Crippen molar-refractivity contribution in [2.75, 3.05) is 6.54 Å². The third kappa shape index (κ3) is 6.83. The fraction of sp³-hybridized carbons (Fsp3) is 0.529. The van der Waals surface area contributed by atoms with Gasteiger partial charge in [-0.25, -0.2) is 17.9 Å². The largest absolute Gasteiger partial charge is 0.480 e. The van der Waals surface area contributed by atoms with Gasteiger partial charge in [0.2, 0.25) is 10.0 Å². The minimum Gasteiger partial charge on any atom is -0.480 e. The molecule has 0 saturated carbocycles. The van der Waals surface area contributed by atoms with Crippen LogP contribution in [-0.4, -0.2) is 38.0 Å². The molecule has 0 aliphatic carbocycles. The molecule has 1 rings (SSSR count).